The minimum Gasteiger partial charge on any atom is -0.300 e. The number of nitrogens with zero attached hydrogens (tertiary/aromatic N) is 3. The van der Waals surface area contributed by atoms with Crippen molar-refractivity contribution in [2.75, 3.05) is 0 Å². The van der Waals surface area contributed by atoms with Crippen LogP contribution in [0.4, 0.5) is 0 Å². The quantitative estimate of drug-likeness (QED) is 0.698. The lowest BCUT2D eigenvalue weighted by Gasteiger charge is -1.95. The molecular weight excluding hydrogens is 184 g/mol. The van der Waals surface area contributed by atoms with Crippen LogP contribution in [0, 0.1) is 0 Å². The van der Waals surface area contributed by atoms with Gasteiger partial charge >= 0.3 is 5.69 Å². The molecule has 0 radical (unpaired) electrons. The van der Waals surface area contributed by atoms with Crippen LogP contribution in [0.1, 0.15) is 12.6 Å². The van der Waals surface area contributed by atoms with Crippen molar-refractivity contribution in [1.29, 1.82) is 0 Å². The standard InChI is InChI=1S/C8H8N4O2/c1-5(13)4-6-2-3-7-9-10-8(14)12(7)11-6/h2-3H,4H2,1H3,(H,10,14). The zero-order chi connectivity index (χ0) is 10.1. The number of aromatic amines is 1. The molecule has 0 aromatic carbocycles. The Kier molecular flexibility index (Phi) is 1.88. The number of Topliss-reactive ketones (excluding diaryl/α,β-unsaturated/α-hetero) is 1. The first kappa shape index (κ1) is 8.61. The van der Waals surface area contributed by atoms with Gasteiger partial charge in [0.1, 0.15) is 5.78 Å². The highest BCUT2D eigenvalue weighted by molar-refractivity contribution is 5.77. The van der Waals surface area contributed by atoms with Crippen LogP contribution in [0.3, 0.4) is 0 Å². The highest BCUT2D eigenvalue weighted by Gasteiger charge is 2.04. The topological polar surface area (TPSA) is 80.1 Å². The molecule has 0 aliphatic heterocycles. The van der Waals surface area contributed by atoms with Gasteiger partial charge in [-0.25, -0.2) is 9.89 Å². The van der Waals surface area contributed by atoms with Gasteiger partial charge in [-0.15, -0.1) is 0 Å². The lowest BCUT2D eigenvalue weighted by Crippen LogP contribution is -2.14. The maximum Gasteiger partial charge on any atom is 0.364 e. The van der Waals surface area contributed by atoms with E-state index in [9.17, 15) is 9.59 Å². The van der Waals surface area contributed by atoms with Crippen LogP contribution in [0.5, 0.6) is 0 Å². The Morgan fingerprint density at radius 3 is 3.07 bits per heavy atom. The smallest absolute Gasteiger partial charge is 0.300 e. The van der Waals surface area contributed by atoms with E-state index in [1.807, 2.05) is 0 Å². The second-order valence-electron chi connectivity index (χ2n) is 3.00. The largest absolute Gasteiger partial charge is 0.364 e. The maximum absolute atomic E-state index is 11.1. The average molecular weight is 192 g/mol. The van der Waals surface area contributed by atoms with E-state index in [-0.39, 0.29) is 12.2 Å². The molecular formula is C8H8N4O2. The van der Waals surface area contributed by atoms with Crippen molar-refractivity contribution in [2.24, 2.45) is 0 Å². The first-order chi connectivity index (χ1) is 6.66. The maximum atomic E-state index is 11.1. The van der Waals surface area contributed by atoms with Crippen molar-refractivity contribution in [1.82, 2.24) is 19.8 Å². The van der Waals surface area contributed by atoms with Crippen molar-refractivity contribution in [2.45, 2.75) is 13.3 Å². The predicted octanol–water partition coefficient (Wildman–Crippen LogP) is -0.451. The van der Waals surface area contributed by atoms with E-state index < -0.39 is 5.69 Å². The van der Waals surface area contributed by atoms with Crippen molar-refractivity contribution < 1.29 is 4.79 Å². The van der Waals surface area contributed by atoms with Crippen LogP contribution < -0.4 is 5.69 Å². The number of ketones is 1. The normalized spacial score (nSPS) is 10.6. The molecule has 6 nitrogen and oxygen atoms in total. The third-order valence-corrected chi connectivity index (χ3v) is 1.76. The molecule has 0 aliphatic carbocycles. The molecule has 1 N–H and O–H groups in total. The van der Waals surface area contributed by atoms with E-state index in [0.717, 1.165) is 4.52 Å². The fourth-order valence-corrected chi connectivity index (χ4v) is 1.19. The van der Waals surface area contributed by atoms with Crippen LogP contribution in [0.2, 0.25) is 0 Å². The Hall–Kier alpha value is -1.98. The minimum absolute atomic E-state index is 0.00777. The highest BCUT2D eigenvalue weighted by atomic mass is 16.2. The Labute approximate surface area is 78.6 Å². The minimum atomic E-state index is -0.398. The summed E-state index contributed by atoms with van der Waals surface area (Å²) in [6.07, 6.45) is 0.230. The first-order valence-electron chi connectivity index (χ1n) is 4.09. The molecule has 14 heavy (non-hydrogen) atoms. The highest BCUT2D eigenvalue weighted by Crippen LogP contribution is 1.98. The van der Waals surface area contributed by atoms with Crippen LogP contribution in [0.25, 0.3) is 5.65 Å². The third-order valence-electron chi connectivity index (χ3n) is 1.76. The Balaban J connectivity index is 2.54. The third kappa shape index (κ3) is 1.41. The summed E-state index contributed by atoms with van der Waals surface area (Å²) in [5, 5.41) is 9.95. The number of H-pyrrole nitrogens is 1. The summed E-state index contributed by atoms with van der Waals surface area (Å²) in [4.78, 5) is 21.9. The van der Waals surface area contributed by atoms with Gasteiger partial charge in [0.25, 0.3) is 0 Å². The van der Waals surface area contributed by atoms with Crippen LogP contribution in [-0.2, 0) is 11.2 Å². The molecule has 2 rings (SSSR count). The van der Waals surface area contributed by atoms with Gasteiger partial charge in [0, 0.05) is 0 Å². The van der Waals surface area contributed by atoms with E-state index in [1.165, 1.54) is 6.92 Å². The summed E-state index contributed by atoms with van der Waals surface area (Å²) >= 11 is 0. The Morgan fingerprint density at radius 1 is 1.57 bits per heavy atom. The molecule has 0 spiro atoms. The van der Waals surface area contributed by atoms with Crippen LogP contribution in [0.15, 0.2) is 16.9 Å². The monoisotopic (exact) mass is 192 g/mol. The molecule has 0 amide bonds. The number of aromatic nitrogens is 4. The molecule has 6 heteroatoms. The zero-order valence-corrected chi connectivity index (χ0v) is 7.52. The number of fused-ring (bicyclic) bond motifs is 1. The average Bonchev–Trinajstić information content (AvgIpc) is 2.47. The van der Waals surface area contributed by atoms with E-state index in [4.69, 9.17) is 0 Å². The number of hydrogen-bond donors (Lipinski definition) is 1. The molecule has 0 saturated carbocycles. The van der Waals surface area contributed by atoms with Crippen molar-refractivity contribution in [3.63, 3.8) is 0 Å². The SMILES string of the molecule is CC(=O)Cc1ccc2n[nH]c(=O)n2n1. The summed E-state index contributed by atoms with van der Waals surface area (Å²) in [5.74, 6) is 0.00777. The van der Waals surface area contributed by atoms with Gasteiger partial charge in [-0.05, 0) is 19.1 Å². The van der Waals surface area contributed by atoms with Gasteiger partial charge in [0.05, 0.1) is 12.1 Å². The first-order valence-corrected chi connectivity index (χ1v) is 4.09. The van der Waals surface area contributed by atoms with Gasteiger partial charge in [-0.3, -0.25) is 4.79 Å². The number of nitrogens with one attached hydrogen (secondary N) is 1. The summed E-state index contributed by atoms with van der Waals surface area (Å²) in [7, 11) is 0. The molecule has 72 valence electrons. The molecule has 0 bridgehead atoms. The number of carbonyl (C=O) groups is 1. The number of rotatable bonds is 2. The molecule has 0 fully saturated rings. The summed E-state index contributed by atoms with van der Waals surface area (Å²) < 4.78 is 1.14. The van der Waals surface area contributed by atoms with Gasteiger partial charge in [-0.1, -0.05) is 0 Å². The van der Waals surface area contributed by atoms with Gasteiger partial charge < -0.3 is 0 Å². The molecule has 0 aliphatic rings. The Bertz CT molecular complexity index is 540. The van der Waals surface area contributed by atoms with Gasteiger partial charge in [-0.2, -0.15) is 14.7 Å². The van der Waals surface area contributed by atoms with Crippen molar-refractivity contribution in [3.8, 4) is 0 Å². The zero-order valence-electron chi connectivity index (χ0n) is 7.52. The molecule has 0 unspecified atom stereocenters. The fourth-order valence-electron chi connectivity index (χ4n) is 1.19. The summed E-state index contributed by atoms with van der Waals surface area (Å²) in [6.45, 7) is 1.48. The number of carbonyl (C=O) groups excluding carboxylic acids is 1. The van der Waals surface area contributed by atoms with E-state index >= 15 is 0 Å². The van der Waals surface area contributed by atoms with Crippen LogP contribution >= 0.6 is 0 Å². The van der Waals surface area contributed by atoms with Gasteiger partial charge in [0.15, 0.2) is 5.65 Å². The predicted molar refractivity (Wildman–Crippen MR) is 48.0 cm³/mol. The lowest BCUT2D eigenvalue weighted by atomic mass is 10.2. The van der Waals surface area contributed by atoms with Crippen molar-refractivity contribution in [3.05, 3.63) is 28.3 Å². The van der Waals surface area contributed by atoms with E-state index in [0.29, 0.717) is 11.3 Å². The van der Waals surface area contributed by atoms with E-state index in [1.54, 1.807) is 12.1 Å². The van der Waals surface area contributed by atoms with Crippen molar-refractivity contribution >= 4 is 11.4 Å². The van der Waals surface area contributed by atoms with E-state index in [2.05, 4.69) is 15.3 Å². The molecule has 2 aromatic heterocycles. The second kappa shape index (κ2) is 3.06. The summed E-state index contributed by atoms with van der Waals surface area (Å²) in [5.41, 5.74) is 0.612. The lowest BCUT2D eigenvalue weighted by molar-refractivity contribution is -0.116. The molecule has 0 atom stereocenters. The molecule has 2 heterocycles. The molecule has 2 aromatic rings. The molecule has 0 saturated heterocycles. The number of hydrogen-bond acceptors (Lipinski definition) is 4. The summed E-state index contributed by atoms with van der Waals surface area (Å²) in [6, 6.07) is 3.32. The van der Waals surface area contributed by atoms with Crippen LogP contribution in [-0.4, -0.2) is 25.6 Å². The second-order valence-corrected chi connectivity index (χ2v) is 3.00. The van der Waals surface area contributed by atoms with Gasteiger partial charge in [0.2, 0.25) is 0 Å². The Morgan fingerprint density at radius 2 is 2.36 bits per heavy atom. The fraction of sp³-hybridized carbons (Fsp3) is 0.250.